The first-order valence-corrected chi connectivity index (χ1v) is 5.49. The van der Waals surface area contributed by atoms with Crippen molar-refractivity contribution in [3.63, 3.8) is 0 Å². The van der Waals surface area contributed by atoms with Gasteiger partial charge >= 0.3 is 0 Å². The van der Waals surface area contributed by atoms with E-state index in [2.05, 4.69) is 22.5 Å². The third-order valence-electron chi connectivity index (χ3n) is 2.06. The van der Waals surface area contributed by atoms with Gasteiger partial charge in [0.2, 0.25) is 0 Å². The van der Waals surface area contributed by atoms with Gasteiger partial charge < -0.3 is 21.5 Å². The molecule has 0 radical (unpaired) electrons. The largest absolute Gasteiger partial charge is 0.376 e. The molecule has 0 amide bonds. The van der Waals surface area contributed by atoms with Crippen LogP contribution in [0.3, 0.4) is 0 Å². The normalized spacial score (nSPS) is 13.1. The monoisotopic (exact) mass is 252 g/mol. The summed E-state index contributed by atoms with van der Waals surface area (Å²) in [6.07, 6.45) is 0.274. The fourth-order valence-corrected chi connectivity index (χ4v) is 1.42. The average Bonchev–Trinajstić information content (AvgIpc) is 2.28. The molecule has 0 spiro atoms. The fraction of sp³-hybridized carbons (Fsp3) is 0.273. The molecule has 0 aliphatic heterocycles. The third kappa shape index (κ3) is 5.28. The van der Waals surface area contributed by atoms with Crippen molar-refractivity contribution in [3.8, 4) is 0 Å². The minimum absolute atomic E-state index is 0.0841. The van der Waals surface area contributed by atoms with Crippen LogP contribution in [0.4, 0.5) is 0 Å². The van der Waals surface area contributed by atoms with Gasteiger partial charge in [0.15, 0.2) is 17.3 Å². The summed E-state index contributed by atoms with van der Waals surface area (Å²) in [7, 11) is 1.57. The number of benzene rings is 1. The highest BCUT2D eigenvalue weighted by Crippen LogP contribution is 2.06. The Hall–Kier alpha value is -1.66. The molecule has 0 aromatic heterocycles. The highest BCUT2D eigenvalue weighted by atomic mass is 32.1. The molecule has 1 aromatic rings. The number of rotatable bonds is 4. The Morgan fingerprint density at radius 2 is 2.06 bits per heavy atom. The van der Waals surface area contributed by atoms with Crippen LogP contribution in [0.25, 0.3) is 0 Å². The van der Waals surface area contributed by atoms with Crippen LogP contribution >= 0.6 is 12.2 Å². The Labute approximate surface area is 106 Å². The van der Waals surface area contributed by atoms with Gasteiger partial charge in [-0.25, -0.2) is 4.99 Å². The summed E-state index contributed by atoms with van der Waals surface area (Å²) < 4.78 is 5.21. The van der Waals surface area contributed by atoms with E-state index in [-0.39, 0.29) is 17.3 Å². The number of aliphatic imine (C=N–C) groups is 1. The Bertz CT molecular complexity index is 394. The van der Waals surface area contributed by atoms with Gasteiger partial charge in [0.05, 0.1) is 0 Å². The van der Waals surface area contributed by atoms with Gasteiger partial charge in [0.25, 0.3) is 0 Å². The summed E-state index contributed by atoms with van der Waals surface area (Å²) in [5.41, 5.74) is 12.0. The van der Waals surface area contributed by atoms with Gasteiger partial charge in [0.1, 0.15) is 0 Å². The number of ether oxygens (including phenoxy) is 1. The lowest BCUT2D eigenvalue weighted by atomic mass is 10.1. The van der Waals surface area contributed by atoms with Crippen molar-refractivity contribution in [1.29, 1.82) is 0 Å². The summed E-state index contributed by atoms with van der Waals surface area (Å²) in [4.78, 5) is 4.12. The molecule has 0 heterocycles. The number of nitrogens with one attached hydrogen (secondary N) is 1. The number of nitrogens with two attached hydrogens (primary N) is 2. The molecular weight excluding hydrogens is 236 g/mol. The van der Waals surface area contributed by atoms with E-state index in [0.29, 0.717) is 6.42 Å². The van der Waals surface area contributed by atoms with E-state index in [1.165, 1.54) is 0 Å². The molecule has 0 saturated carbocycles. The van der Waals surface area contributed by atoms with Crippen molar-refractivity contribution in [2.45, 2.75) is 12.6 Å². The maximum atomic E-state index is 5.60. The first kappa shape index (κ1) is 13.4. The first-order valence-electron chi connectivity index (χ1n) is 5.08. The topological polar surface area (TPSA) is 85.7 Å². The maximum Gasteiger partial charge on any atom is 0.197 e. The van der Waals surface area contributed by atoms with Crippen molar-refractivity contribution >= 4 is 23.3 Å². The van der Waals surface area contributed by atoms with Crippen LogP contribution in [0.1, 0.15) is 5.56 Å². The number of hydrogen-bond donors (Lipinski definition) is 3. The molecule has 1 unspecified atom stereocenters. The van der Waals surface area contributed by atoms with Crippen LogP contribution in [-0.2, 0) is 11.2 Å². The first-order chi connectivity index (χ1) is 8.11. The highest BCUT2D eigenvalue weighted by molar-refractivity contribution is 7.80. The van der Waals surface area contributed by atoms with Gasteiger partial charge in [-0.1, -0.05) is 30.3 Å². The average molecular weight is 252 g/mol. The van der Waals surface area contributed by atoms with Crippen molar-refractivity contribution in [2.24, 2.45) is 16.5 Å². The zero-order chi connectivity index (χ0) is 12.7. The van der Waals surface area contributed by atoms with Gasteiger partial charge in [-0.05, 0) is 17.8 Å². The quantitative estimate of drug-likeness (QED) is 0.409. The van der Waals surface area contributed by atoms with Gasteiger partial charge in [-0.15, -0.1) is 0 Å². The highest BCUT2D eigenvalue weighted by Gasteiger charge is 2.07. The Kier molecular flexibility index (Phi) is 5.38. The summed E-state index contributed by atoms with van der Waals surface area (Å²) in [6.45, 7) is 0. The Morgan fingerprint density at radius 1 is 1.41 bits per heavy atom. The Morgan fingerprint density at radius 3 is 2.59 bits per heavy atom. The minimum atomic E-state index is -0.362. The van der Waals surface area contributed by atoms with E-state index in [1.54, 1.807) is 7.11 Å². The van der Waals surface area contributed by atoms with Crippen LogP contribution in [0.5, 0.6) is 0 Å². The summed E-state index contributed by atoms with van der Waals surface area (Å²) in [5.74, 6) is 0.153. The van der Waals surface area contributed by atoms with E-state index >= 15 is 0 Å². The van der Waals surface area contributed by atoms with E-state index < -0.39 is 0 Å². The predicted octanol–water partition coefficient (Wildman–Crippen LogP) is 0.350. The molecule has 0 aliphatic rings. The van der Waals surface area contributed by atoms with E-state index in [0.717, 1.165) is 5.56 Å². The summed E-state index contributed by atoms with van der Waals surface area (Å²) >= 11 is 4.66. The van der Waals surface area contributed by atoms with Crippen LogP contribution in [0, 0.1) is 0 Å². The number of hydrogen-bond acceptors (Lipinski definition) is 3. The van der Waals surface area contributed by atoms with E-state index in [4.69, 9.17) is 16.2 Å². The SMILES string of the molecule is COC(Cc1ccccc1)N=C(N)NC(N)=S. The number of methoxy groups -OCH3 is 1. The zero-order valence-electron chi connectivity index (χ0n) is 9.59. The van der Waals surface area contributed by atoms with Crippen LogP contribution in [0.2, 0.25) is 0 Å². The number of guanidine groups is 1. The molecule has 17 heavy (non-hydrogen) atoms. The molecular formula is C11H16N4OS. The van der Waals surface area contributed by atoms with Crippen molar-refractivity contribution in [2.75, 3.05) is 7.11 Å². The van der Waals surface area contributed by atoms with E-state index in [1.807, 2.05) is 30.3 Å². The predicted molar refractivity (Wildman–Crippen MR) is 72.5 cm³/mol. The molecule has 0 aliphatic carbocycles. The molecule has 0 bridgehead atoms. The molecule has 0 saturated heterocycles. The van der Waals surface area contributed by atoms with Crippen LogP contribution < -0.4 is 16.8 Å². The molecule has 0 fully saturated rings. The van der Waals surface area contributed by atoms with E-state index in [9.17, 15) is 0 Å². The van der Waals surface area contributed by atoms with Crippen LogP contribution in [0.15, 0.2) is 35.3 Å². The zero-order valence-corrected chi connectivity index (χ0v) is 10.4. The minimum Gasteiger partial charge on any atom is -0.376 e. The molecule has 5 nitrogen and oxygen atoms in total. The summed E-state index contributed by atoms with van der Waals surface area (Å²) in [5, 5.41) is 2.63. The standard InChI is InChI=1S/C11H16N4OS/c1-16-9(14-10(12)15-11(13)17)7-8-5-3-2-4-6-8/h2-6,9H,7H2,1H3,(H5,12,13,14,15,17). The van der Waals surface area contributed by atoms with Gasteiger partial charge in [-0.2, -0.15) is 0 Å². The number of thiocarbonyl (C=S) groups is 1. The van der Waals surface area contributed by atoms with Crippen molar-refractivity contribution in [1.82, 2.24) is 5.32 Å². The number of nitrogens with zero attached hydrogens (tertiary/aromatic N) is 1. The van der Waals surface area contributed by atoms with Gasteiger partial charge in [-0.3, -0.25) is 0 Å². The lowest BCUT2D eigenvalue weighted by molar-refractivity contribution is 0.110. The molecule has 1 atom stereocenters. The second kappa shape index (κ2) is 6.82. The lowest BCUT2D eigenvalue weighted by Gasteiger charge is -2.12. The molecule has 1 rings (SSSR count). The third-order valence-corrected chi connectivity index (χ3v) is 2.16. The van der Waals surface area contributed by atoms with Crippen molar-refractivity contribution in [3.05, 3.63) is 35.9 Å². The fourth-order valence-electron chi connectivity index (χ4n) is 1.31. The summed E-state index contributed by atoms with van der Waals surface area (Å²) in [6, 6.07) is 9.87. The van der Waals surface area contributed by atoms with Gasteiger partial charge in [0, 0.05) is 13.5 Å². The Balaban J connectivity index is 2.63. The molecule has 1 aromatic carbocycles. The lowest BCUT2D eigenvalue weighted by Crippen LogP contribution is -2.41. The molecule has 6 heteroatoms. The maximum absolute atomic E-state index is 5.60. The van der Waals surface area contributed by atoms with Crippen molar-refractivity contribution < 1.29 is 4.74 Å². The molecule has 5 N–H and O–H groups in total. The molecule has 92 valence electrons. The smallest absolute Gasteiger partial charge is 0.197 e. The van der Waals surface area contributed by atoms with Crippen LogP contribution in [-0.4, -0.2) is 24.4 Å². The second-order valence-corrected chi connectivity index (χ2v) is 3.82. The second-order valence-electron chi connectivity index (χ2n) is 3.38.